The normalized spacial score (nSPS) is 37.5. The van der Waals surface area contributed by atoms with E-state index in [0.717, 1.165) is 94.5 Å². The van der Waals surface area contributed by atoms with Gasteiger partial charge in [0.05, 0.1) is 52.2 Å². The molecule has 5 saturated heterocycles. The summed E-state index contributed by atoms with van der Waals surface area (Å²) in [5.41, 5.74) is 10.4. The summed E-state index contributed by atoms with van der Waals surface area (Å²) in [6.07, 6.45) is 14.2. The fourth-order valence-electron chi connectivity index (χ4n) is 13.8. The van der Waals surface area contributed by atoms with Gasteiger partial charge in [0.15, 0.2) is 0 Å². The minimum Gasteiger partial charge on any atom is -0.490 e. The summed E-state index contributed by atoms with van der Waals surface area (Å²) in [4.78, 5) is 27.2. The highest BCUT2D eigenvalue weighted by molar-refractivity contribution is 8.00. The van der Waals surface area contributed by atoms with Crippen LogP contribution in [0.1, 0.15) is 129 Å². The molecule has 10 rings (SSSR count). The van der Waals surface area contributed by atoms with Crippen molar-refractivity contribution in [1.82, 2.24) is 31.3 Å². The van der Waals surface area contributed by atoms with Gasteiger partial charge in [-0.25, -0.2) is 15.2 Å². The highest BCUT2D eigenvalue weighted by Crippen LogP contribution is 2.50. The average molecular weight is 943 g/mol. The van der Waals surface area contributed by atoms with E-state index >= 15 is 4.39 Å². The standard InChI is InChI=1S/C52H73ClFN9O2S/c1-30-33(4)66-51-46(30)48(56-32(3)49-60-59-34(5)63(49)51)36-11-18-45(42(54)26-36)61-23-20-52(21-24-61)22-25-62(29-52)44-19-17-43(58-47(31(44)2)35-8-6-7-9-35)50(64)57-38-12-15-39(16-13-38)65-40-14-10-37(28-55)41(53)27-40/h10-11,14,18,26-27,30-35,38-39,43-44,46-47,49,51,58-60H,6-9,12-13,15-17,19-25,29H2,1-5H3,(H,57,64)/t30?,31?,32-,33?,34?,38?,39?,43?,44?,46?,47?,49?,51?/m0/s1. The Labute approximate surface area is 402 Å². The van der Waals surface area contributed by atoms with E-state index in [1.807, 2.05) is 23.9 Å². The number of thioether (sulfide) groups is 1. The van der Waals surface area contributed by atoms with Crippen molar-refractivity contribution in [3.63, 3.8) is 0 Å². The molecule has 11 atom stereocenters. The van der Waals surface area contributed by atoms with Gasteiger partial charge in [-0.15, -0.1) is 11.8 Å². The molecule has 358 valence electrons. The van der Waals surface area contributed by atoms with Crippen molar-refractivity contribution in [2.24, 2.45) is 34.1 Å². The quantitative estimate of drug-likeness (QED) is 0.205. The summed E-state index contributed by atoms with van der Waals surface area (Å²) in [6.45, 7) is 15.5. The molecule has 10 unspecified atom stereocenters. The van der Waals surface area contributed by atoms with Crippen LogP contribution in [0.3, 0.4) is 0 Å². The zero-order valence-corrected chi connectivity index (χ0v) is 41.4. The summed E-state index contributed by atoms with van der Waals surface area (Å²) in [5.74, 6) is 2.45. The molecule has 0 bridgehead atoms. The summed E-state index contributed by atoms with van der Waals surface area (Å²) < 4.78 is 22.7. The molecule has 2 saturated carbocycles. The van der Waals surface area contributed by atoms with Gasteiger partial charge in [-0.1, -0.05) is 51.3 Å². The van der Waals surface area contributed by atoms with E-state index in [2.05, 4.69) is 82.9 Å². The predicted octanol–water partition coefficient (Wildman–Crippen LogP) is 8.45. The number of likely N-dealkylation sites (tertiary alicyclic amines) is 1. The number of hydrogen-bond donors (Lipinski definition) is 4. The Hall–Kier alpha value is -2.96. The van der Waals surface area contributed by atoms with E-state index < -0.39 is 0 Å². The number of carbonyl (C=O) groups excluding carboxylic acids is 1. The lowest BCUT2D eigenvalue weighted by atomic mass is 9.77. The van der Waals surface area contributed by atoms with Crippen LogP contribution in [0.25, 0.3) is 0 Å². The Morgan fingerprint density at radius 3 is 2.42 bits per heavy atom. The van der Waals surface area contributed by atoms with Gasteiger partial charge >= 0.3 is 0 Å². The zero-order chi connectivity index (χ0) is 45.9. The van der Waals surface area contributed by atoms with Gasteiger partial charge in [0, 0.05) is 60.7 Å². The largest absolute Gasteiger partial charge is 0.490 e. The molecule has 4 N–H and O–H groups in total. The van der Waals surface area contributed by atoms with Gasteiger partial charge in [0.1, 0.15) is 17.6 Å². The molecule has 6 heterocycles. The van der Waals surface area contributed by atoms with Crippen LogP contribution in [-0.2, 0) is 4.79 Å². The summed E-state index contributed by atoms with van der Waals surface area (Å²) in [6, 6.07) is 14.1. The van der Waals surface area contributed by atoms with Crippen LogP contribution < -0.4 is 31.1 Å². The first-order chi connectivity index (χ1) is 31.9. The Morgan fingerprint density at radius 2 is 1.70 bits per heavy atom. The van der Waals surface area contributed by atoms with Gasteiger partial charge in [-0.05, 0) is 144 Å². The van der Waals surface area contributed by atoms with E-state index in [1.54, 1.807) is 18.2 Å². The third kappa shape index (κ3) is 9.15. The Kier molecular flexibility index (Phi) is 13.8. The number of rotatable bonds is 8. The molecule has 7 fully saturated rings. The van der Waals surface area contributed by atoms with Crippen LogP contribution >= 0.6 is 23.4 Å². The number of halogens is 2. The number of amides is 1. The lowest BCUT2D eigenvalue weighted by Gasteiger charge is -2.42. The minimum absolute atomic E-state index is 0.0388. The monoisotopic (exact) mass is 942 g/mol. The number of fused-ring (bicyclic) bond motifs is 3. The smallest absolute Gasteiger partial charge is 0.237 e. The van der Waals surface area contributed by atoms with Crippen LogP contribution in [0.15, 0.2) is 41.4 Å². The van der Waals surface area contributed by atoms with Crippen LogP contribution in [-0.4, -0.2) is 107 Å². The number of nitrogens with zero attached hydrogens (tertiary/aromatic N) is 5. The number of piperidine rings is 1. The number of aliphatic imine (C=N–C) groups is 1. The van der Waals surface area contributed by atoms with Crippen molar-refractivity contribution < 1.29 is 13.9 Å². The third-order valence-electron chi connectivity index (χ3n) is 17.9. The van der Waals surface area contributed by atoms with E-state index in [-0.39, 0.29) is 65.0 Å². The minimum atomic E-state index is -0.183. The molecular formula is C52H73ClFN9O2S. The van der Waals surface area contributed by atoms with Gasteiger partial charge in [0.2, 0.25) is 5.91 Å². The number of ether oxygens (including phenoxy) is 1. The molecule has 14 heteroatoms. The topological polar surface area (TPSA) is 120 Å². The number of hydrazine groups is 1. The number of hydrogen-bond acceptors (Lipinski definition) is 11. The van der Waals surface area contributed by atoms with Crippen molar-refractivity contribution in [3.8, 4) is 11.8 Å². The van der Waals surface area contributed by atoms with Crippen LogP contribution in [0.5, 0.6) is 5.75 Å². The predicted molar refractivity (Wildman–Crippen MR) is 263 cm³/mol. The Morgan fingerprint density at radius 1 is 0.939 bits per heavy atom. The van der Waals surface area contributed by atoms with Crippen molar-refractivity contribution in [3.05, 3.63) is 58.4 Å². The van der Waals surface area contributed by atoms with Crippen LogP contribution in [0.4, 0.5) is 10.1 Å². The molecule has 2 aromatic carbocycles. The SMILES string of the molecule is CC1SC2C(C(c3ccc(N4CCC5(CC4)CCN(C4CCC(C(=O)NC6CCC(Oc7ccc(C#N)c(Cl)c7)CC6)NC(C6CCCC6)C4C)C5)c(F)c3)=N[C@@H](C)C3NNC(C)N23)C1C. The average Bonchev–Trinajstić information content (AvgIpc) is 4.09. The number of nitrogens with one attached hydrogen (secondary N) is 4. The van der Waals surface area contributed by atoms with Gasteiger partial charge in [-0.3, -0.25) is 19.6 Å². The van der Waals surface area contributed by atoms with E-state index in [9.17, 15) is 10.1 Å². The summed E-state index contributed by atoms with van der Waals surface area (Å²) >= 11 is 8.30. The highest BCUT2D eigenvalue weighted by atomic mass is 35.5. The molecule has 2 aliphatic carbocycles. The Balaban J connectivity index is 0.757. The van der Waals surface area contributed by atoms with Crippen molar-refractivity contribution in [1.29, 1.82) is 5.26 Å². The molecule has 6 aliphatic heterocycles. The molecule has 1 spiro atoms. The number of benzene rings is 2. The molecule has 2 aromatic rings. The van der Waals surface area contributed by atoms with Crippen LogP contribution in [0, 0.1) is 46.2 Å². The lowest BCUT2D eigenvalue weighted by molar-refractivity contribution is -0.124. The van der Waals surface area contributed by atoms with Gasteiger partial charge in [0.25, 0.3) is 0 Å². The maximum atomic E-state index is 16.5. The van der Waals surface area contributed by atoms with E-state index in [0.29, 0.717) is 51.4 Å². The van der Waals surface area contributed by atoms with Crippen molar-refractivity contribution >= 4 is 40.7 Å². The second-order valence-corrected chi connectivity index (χ2v) is 23.7. The number of nitriles is 1. The molecule has 11 nitrogen and oxygen atoms in total. The molecular weight excluding hydrogens is 869 g/mol. The second kappa shape index (κ2) is 19.4. The summed E-state index contributed by atoms with van der Waals surface area (Å²) in [7, 11) is 0. The number of anilines is 1. The fourth-order valence-corrected chi connectivity index (χ4v) is 15.9. The number of carbonyl (C=O) groups is 1. The van der Waals surface area contributed by atoms with Crippen molar-refractivity contribution in [2.75, 3.05) is 31.1 Å². The maximum absolute atomic E-state index is 16.5. The van der Waals surface area contributed by atoms with Gasteiger partial charge in [-0.2, -0.15) is 5.26 Å². The first-order valence-electron chi connectivity index (χ1n) is 25.6. The fraction of sp³-hybridized carbons (Fsp3) is 0.712. The van der Waals surface area contributed by atoms with E-state index in [1.165, 1.54) is 32.1 Å². The lowest BCUT2D eigenvalue weighted by Crippen LogP contribution is -2.54. The second-order valence-electron chi connectivity index (χ2n) is 21.7. The summed E-state index contributed by atoms with van der Waals surface area (Å²) in [5, 5.41) is 17.9. The molecule has 8 aliphatic rings. The van der Waals surface area contributed by atoms with Gasteiger partial charge < -0.3 is 20.3 Å². The van der Waals surface area contributed by atoms with Crippen LogP contribution in [0.2, 0.25) is 5.02 Å². The zero-order valence-electron chi connectivity index (χ0n) is 39.8. The first kappa shape index (κ1) is 46.8. The molecule has 0 aromatic heterocycles. The molecule has 1 amide bonds. The molecule has 0 radical (unpaired) electrons. The highest BCUT2D eigenvalue weighted by Gasteiger charge is 2.53. The Bertz CT molecular complexity index is 2150. The first-order valence-corrected chi connectivity index (χ1v) is 26.9. The maximum Gasteiger partial charge on any atom is 0.237 e. The van der Waals surface area contributed by atoms with Crippen molar-refractivity contribution in [2.45, 2.75) is 177 Å². The molecule has 66 heavy (non-hydrogen) atoms. The van der Waals surface area contributed by atoms with E-state index in [4.69, 9.17) is 21.3 Å². The third-order valence-corrected chi connectivity index (χ3v) is 19.8.